The average molecular weight is 484 g/mol. The Hall–Kier alpha value is -2.94. The van der Waals surface area contributed by atoms with E-state index < -0.39 is 11.7 Å². The summed E-state index contributed by atoms with van der Waals surface area (Å²) in [7, 11) is 0. The summed E-state index contributed by atoms with van der Waals surface area (Å²) in [6, 6.07) is 6.33. The molecule has 1 aliphatic heterocycles. The Kier molecular flexibility index (Phi) is 8.07. The fourth-order valence-electron chi connectivity index (χ4n) is 3.40. The molecule has 0 unspecified atom stereocenters. The molecule has 2 heterocycles. The summed E-state index contributed by atoms with van der Waals surface area (Å²) in [4.78, 5) is 20.0. The van der Waals surface area contributed by atoms with Crippen molar-refractivity contribution in [3.8, 4) is 11.5 Å². The first kappa shape index (κ1) is 24.7. The minimum absolute atomic E-state index is 0.0647. The zero-order valence-electron chi connectivity index (χ0n) is 18.4. The van der Waals surface area contributed by atoms with Crippen LogP contribution in [0.4, 0.5) is 19.0 Å². The van der Waals surface area contributed by atoms with E-state index in [1.807, 2.05) is 26.0 Å². The van der Waals surface area contributed by atoms with Crippen molar-refractivity contribution in [1.82, 2.24) is 9.88 Å². The highest BCUT2D eigenvalue weighted by atomic mass is 35.5. The van der Waals surface area contributed by atoms with Crippen molar-refractivity contribution in [3.05, 3.63) is 52.7 Å². The predicted octanol–water partition coefficient (Wildman–Crippen LogP) is 4.91. The monoisotopic (exact) mass is 483 g/mol. The molecule has 2 aromatic rings. The third kappa shape index (κ3) is 6.31. The van der Waals surface area contributed by atoms with Crippen LogP contribution in [0.1, 0.15) is 25.0 Å². The summed E-state index contributed by atoms with van der Waals surface area (Å²) in [5.41, 5.74) is -0.0911. The highest BCUT2D eigenvalue weighted by Crippen LogP contribution is 2.34. The van der Waals surface area contributed by atoms with Gasteiger partial charge in [-0.05, 0) is 43.7 Å². The number of amides is 1. The van der Waals surface area contributed by atoms with Gasteiger partial charge in [0, 0.05) is 38.5 Å². The van der Waals surface area contributed by atoms with Gasteiger partial charge in [-0.2, -0.15) is 13.2 Å². The van der Waals surface area contributed by atoms with Gasteiger partial charge in [0.2, 0.25) is 5.91 Å². The number of alkyl halides is 3. The van der Waals surface area contributed by atoms with Gasteiger partial charge in [0.05, 0.1) is 23.8 Å². The molecule has 0 radical (unpaired) electrons. The maximum absolute atomic E-state index is 12.8. The van der Waals surface area contributed by atoms with Gasteiger partial charge in [-0.15, -0.1) is 0 Å². The molecule has 1 aliphatic rings. The highest BCUT2D eigenvalue weighted by Gasteiger charge is 2.32. The van der Waals surface area contributed by atoms with Crippen LogP contribution in [0.3, 0.4) is 0 Å². The van der Waals surface area contributed by atoms with Gasteiger partial charge in [0.25, 0.3) is 0 Å². The van der Waals surface area contributed by atoms with Crippen LogP contribution >= 0.6 is 11.6 Å². The van der Waals surface area contributed by atoms with Gasteiger partial charge >= 0.3 is 6.18 Å². The number of halogens is 4. The van der Waals surface area contributed by atoms with Crippen molar-refractivity contribution in [2.45, 2.75) is 20.0 Å². The molecule has 0 bridgehead atoms. The molecule has 33 heavy (non-hydrogen) atoms. The SMILES string of the molecule is CCOc1ccc(/C=C/C(=O)N2CCN(c3ncc(C(F)(F)F)cc3Cl)CC2)cc1OCC. The Morgan fingerprint density at radius 2 is 1.76 bits per heavy atom. The molecule has 0 N–H and O–H groups in total. The van der Waals surface area contributed by atoms with Gasteiger partial charge in [0.1, 0.15) is 5.82 Å². The Bertz CT molecular complexity index is 1010. The van der Waals surface area contributed by atoms with Crippen molar-refractivity contribution in [3.63, 3.8) is 0 Å². The van der Waals surface area contributed by atoms with Crippen molar-refractivity contribution in [2.75, 3.05) is 44.3 Å². The molecule has 0 spiro atoms. The van der Waals surface area contributed by atoms with E-state index in [4.69, 9.17) is 21.1 Å². The van der Waals surface area contributed by atoms with E-state index in [2.05, 4.69) is 4.98 Å². The minimum atomic E-state index is -4.50. The number of ether oxygens (including phenoxy) is 2. The molecule has 1 amide bonds. The molecule has 6 nitrogen and oxygen atoms in total. The molecule has 1 aromatic carbocycles. The largest absolute Gasteiger partial charge is 0.490 e. The lowest BCUT2D eigenvalue weighted by Gasteiger charge is -2.35. The number of hydrogen-bond donors (Lipinski definition) is 0. The Labute approximate surface area is 195 Å². The van der Waals surface area contributed by atoms with E-state index in [9.17, 15) is 18.0 Å². The summed E-state index contributed by atoms with van der Waals surface area (Å²) in [6.07, 6.45) is -0.528. The molecule has 1 aromatic heterocycles. The lowest BCUT2D eigenvalue weighted by molar-refractivity contribution is -0.137. The zero-order chi connectivity index (χ0) is 24.0. The summed E-state index contributed by atoms with van der Waals surface area (Å²) in [5.74, 6) is 1.39. The molecule has 3 rings (SSSR count). The summed E-state index contributed by atoms with van der Waals surface area (Å²) in [5, 5.41) is -0.0647. The van der Waals surface area contributed by atoms with E-state index >= 15 is 0 Å². The Balaban J connectivity index is 1.61. The number of nitrogens with zero attached hydrogens (tertiary/aromatic N) is 3. The molecule has 0 aliphatic carbocycles. The van der Waals surface area contributed by atoms with Crippen molar-refractivity contribution < 1.29 is 27.4 Å². The number of hydrogen-bond acceptors (Lipinski definition) is 5. The lowest BCUT2D eigenvalue weighted by Crippen LogP contribution is -2.48. The molecule has 178 valence electrons. The van der Waals surface area contributed by atoms with E-state index in [1.54, 1.807) is 21.9 Å². The number of anilines is 1. The smallest absolute Gasteiger partial charge is 0.417 e. The number of benzene rings is 1. The molecule has 0 saturated carbocycles. The van der Waals surface area contributed by atoms with Crippen molar-refractivity contribution in [1.29, 1.82) is 0 Å². The van der Waals surface area contributed by atoms with Crippen LogP contribution in [-0.2, 0) is 11.0 Å². The lowest BCUT2D eigenvalue weighted by atomic mass is 10.1. The third-order valence-electron chi connectivity index (χ3n) is 5.03. The van der Waals surface area contributed by atoms with Crippen LogP contribution in [0.15, 0.2) is 36.5 Å². The number of rotatable bonds is 7. The van der Waals surface area contributed by atoms with Crippen LogP contribution in [0, 0.1) is 0 Å². The van der Waals surface area contributed by atoms with Crippen LogP contribution in [-0.4, -0.2) is 55.2 Å². The highest BCUT2D eigenvalue weighted by molar-refractivity contribution is 6.33. The normalized spacial score (nSPS) is 14.6. The van der Waals surface area contributed by atoms with Gasteiger partial charge < -0.3 is 19.3 Å². The first-order valence-electron chi connectivity index (χ1n) is 10.6. The molecular formula is C23H25ClF3N3O3. The number of pyridine rings is 1. The number of aromatic nitrogens is 1. The van der Waals surface area contributed by atoms with Crippen LogP contribution in [0.25, 0.3) is 6.08 Å². The fraction of sp³-hybridized carbons (Fsp3) is 0.391. The zero-order valence-corrected chi connectivity index (χ0v) is 19.1. The molecule has 0 atom stereocenters. The van der Waals surface area contributed by atoms with Crippen LogP contribution < -0.4 is 14.4 Å². The quantitative estimate of drug-likeness (QED) is 0.524. The van der Waals surface area contributed by atoms with E-state index in [-0.39, 0.29) is 16.7 Å². The van der Waals surface area contributed by atoms with Gasteiger partial charge in [-0.25, -0.2) is 4.98 Å². The second-order valence-corrected chi connectivity index (χ2v) is 7.65. The van der Waals surface area contributed by atoms with Crippen LogP contribution in [0.2, 0.25) is 5.02 Å². The average Bonchev–Trinajstić information content (AvgIpc) is 2.79. The second kappa shape index (κ2) is 10.8. The third-order valence-corrected chi connectivity index (χ3v) is 5.30. The molecule has 1 fully saturated rings. The van der Waals surface area contributed by atoms with E-state index in [0.717, 1.165) is 17.8 Å². The van der Waals surface area contributed by atoms with E-state index in [1.165, 1.54) is 6.08 Å². The van der Waals surface area contributed by atoms with E-state index in [0.29, 0.717) is 50.9 Å². The maximum atomic E-state index is 12.8. The fourth-order valence-corrected chi connectivity index (χ4v) is 3.69. The van der Waals surface area contributed by atoms with Crippen LogP contribution in [0.5, 0.6) is 11.5 Å². The van der Waals surface area contributed by atoms with Gasteiger partial charge in [-0.3, -0.25) is 4.79 Å². The van der Waals surface area contributed by atoms with Crippen molar-refractivity contribution >= 4 is 29.4 Å². The Morgan fingerprint density at radius 1 is 1.09 bits per heavy atom. The molecule has 1 saturated heterocycles. The summed E-state index contributed by atoms with van der Waals surface area (Å²) in [6.45, 7) is 6.41. The summed E-state index contributed by atoms with van der Waals surface area (Å²) >= 11 is 6.04. The maximum Gasteiger partial charge on any atom is 0.417 e. The first-order valence-corrected chi connectivity index (χ1v) is 10.9. The molecule has 10 heteroatoms. The summed E-state index contributed by atoms with van der Waals surface area (Å²) < 4.78 is 49.6. The predicted molar refractivity (Wildman–Crippen MR) is 121 cm³/mol. The standard InChI is InChI=1S/C23H25ClF3N3O3/c1-3-32-19-7-5-16(13-20(19)33-4-2)6-8-21(31)29-9-11-30(12-10-29)22-18(24)14-17(15-28-22)23(25,26)27/h5-8,13-15H,3-4,9-12H2,1-2H3/b8-6+. The molecular weight excluding hydrogens is 459 g/mol. The first-order chi connectivity index (χ1) is 15.7. The van der Waals surface area contributed by atoms with Crippen molar-refractivity contribution in [2.24, 2.45) is 0 Å². The van der Waals surface area contributed by atoms with Gasteiger partial charge in [-0.1, -0.05) is 17.7 Å². The Morgan fingerprint density at radius 3 is 2.36 bits per heavy atom. The minimum Gasteiger partial charge on any atom is -0.490 e. The number of carbonyl (C=O) groups is 1. The number of carbonyl (C=O) groups excluding carboxylic acids is 1. The second-order valence-electron chi connectivity index (χ2n) is 7.25. The number of piperazine rings is 1. The van der Waals surface area contributed by atoms with Gasteiger partial charge in [0.15, 0.2) is 11.5 Å². The topological polar surface area (TPSA) is 54.9 Å².